The van der Waals surface area contributed by atoms with E-state index in [0.717, 1.165) is 31.7 Å². The third-order valence-electron chi connectivity index (χ3n) is 2.75. The van der Waals surface area contributed by atoms with Gasteiger partial charge in [0, 0.05) is 32.2 Å². The topological polar surface area (TPSA) is 15.3 Å². The van der Waals surface area contributed by atoms with Gasteiger partial charge < -0.3 is 5.32 Å². The van der Waals surface area contributed by atoms with Crippen LogP contribution in [0.25, 0.3) is 0 Å². The quantitative estimate of drug-likeness (QED) is 0.857. The van der Waals surface area contributed by atoms with Gasteiger partial charge in [-0.25, -0.2) is 4.39 Å². The Bertz CT molecular complexity index is 333. The summed E-state index contributed by atoms with van der Waals surface area (Å²) in [4.78, 5) is 2.36. The zero-order valence-electron chi connectivity index (χ0n) is 9.45. The second-order valence-electron chi connectivity index (χ2n) is 4.22. The highest BCUT2D eigenvalue weighted by atomic mass is 35.5. The van der Waals surface area contributed by atoms with E-state index in [0.29, 0.717) is 6.04 Å². The molecule has 0 aromatic heterocycles. The highest BCUT2D eigenvalue weighted by molar-refractivity contribution is 5.85. The first kappa shape index (κ1) is 13.4. The second kappa shape index (κ2) is 6.18. The van der Waals surface area contributed by atoms with Crippen molar-refractivity contribution >= 4 is 12.4 Å². The third kappa shape index (κ3) is 3.74. The summed E-state index contributed by atoms with van der Waals surface area (Å²) in [6.07, 6.45) is 0. The normalized spacial score (nSPS) is 21.5. The van der Waals surface area contributed by atoms with Crippen LogP contribution in [-0.2, 0) is 6.54 Å². The second-order valence-corrected chi connectivity index (χ2v) is 4.22. The van der Waals surface area contributed by atoms with Gasteiger partial charge in [-0.2, -0.15) is 0 Å². The molecular weight excluding hydrogens is 227 g/mol. The Morgan fingerprint density at radius 3 is 3.00 bits per heavy atom. The summed E-state index contributed by atoms with van der Waals surface area (Å²) >= 11 is 0. The Morgan fingerprint density at radius 1 is 1.50 bits per heavy atom. The molecule has 1 saturated heterocycles. The van der Waals surface area contributed by atoms with Gasteiger partial charge in [-0.1, -0.05) is 12.1 Å². The van der Waals surface area contributed by atoms with E-state index in [-0.39, 0.29) is 18.2 Å². The van der Waals surface area contributed by atoms with Crippen LogP contribution in [0.15, 0.2) is 24.3 Å². The molecule has 1 atom stereocenters. The molecule has 0 aliphatic carbocycles. The average molecular weight is 245 g/mol. The molecule has 4 heteroatoms. The maximum absolute atomic E-state index is 13.0. The molecule has 1 aliphatic rings. The number of rotatable bonds is 2. The Hall–Kier alpha value is -0.640. The van der Waals surface area contributed by atoms with Crippen molar-refractivity contribution in [3.8, 4) is 0 Å². The number of benzene rings is 1. The molecule has 1 unspecified atom stereocenters. The van der Waals surface area contributed by atoms with Gasteiger partial charge in [0.25, 0.3) is 0 Å². The van der Waals surface area contributed by atoms with Crippen LogP contribution >= 0.6 is 12.4 Å². The van der Waals surface area contributed by atoms with Crippen molar-refractivity contribution in [2.24, 2.45) is 0 Å². The summed E-state index contributed by atoms with van der Waals surface area (Å²) < 4.78 is 13.0. The lowest BCUT2D eigenvalue weighted by Gasteiger charge is -2.31. The molecule has 1 aromatic rings. The van der Waals surface area contributed by atoms with Crippen LogP contribution in [-0.4, -0.2) is 30.6 Å². The number of nitrogens with one attached hydrogen (secondary N) is 1. The van der Waals surface area contributed by atoms with Crippen LogP contribution in [0.5, 0.6) is 0 Å². The zero-order valence-corrected chi connectivity index (χ0v) is 10.3. The van der Waals surface area contributed by atoms with Gasteiger partial charge >= 0.3 is 0 Å². The standard InChI is InChI=1S/C12H17FN2.ClH/c1-10-8-15(6-5-14-10)9-11-3-2-4-12(13)7-11;/h2-4,7,10,14H,5-6,8-9H2,1H3;1H. The number of piperazine rings is 1. The average Bonchev–Trinajstić information content (AvgIpc) is 2.17. The van der Waals surface area contributed by atoms with E-state index in [9.17, 15) is 4.39 Å². The number of hydrogen-bond donors (Lipinski definition) is 1. The summed E-state index contributed by atoms with van der Waals surface area (Å²) in [6.45, 7) is 6.13. The fourth-order valence-electron chi connectivity index (χ4n) is 2.05. The largest absolute Gasteiger partial charge is 0.312 e. The van der Waals surface area contributed by atoms with Gasteiger partial charge in [-0.15, -0.1) is 12.4 Å². The molecule has 0 radical (unpaired) electrons. The van der Waals surface area contributed by atoms with Crippen LogP contribution in [0.2, 0.25) is 0 Å². The van der Waals surface area contributed by atoms with E-state index in [1.807, 2.05) is 6.07 Å². The molecule has 0 bridgehead atoms. The summed E-state index contributed by atoms with van der Waals surface area (Å²) in [5.41, 5.74) is 1.06. The molecular formula is C12H18ClFN2. The molecule has 0 amide bonds. The maximum atomic E-state index is 13.0. The van der Waals surface area contributed by atoms with E-state index in [1.165, 1.54) is 6.07 Å². The molecule has 1 fully saturated rings. The highest BCUT2D eigenvalue weighted by Crippen LogP contribution is 2.09. The molecule has 1 aliphatic heterocycles. The molecule has 90 valence electrons. The van der Waals surface area contributed by atoms with Crippen LogP contribution in [0.4, 0.5) is 4.39 Å². The van der Waals surface area contributed by atoms with E-state index < -0.39 is 0 Å². The Morgan fingerprint density at radius 2 is 2.31 bits per heavy atom. The fourth-order valence-corrected chi connectivity index (χ4v) is 2.05. The lowest BCUT2D eigenvalue weighted by Crippen LogP contribution is -2.48. The van der Waals surface area contributed by atoms with E-state index in [2.05, 4.69) is 17.1 Å². The van der Waals surface area contributed by atoms with Crippen molar-refractivity contribution in [1.82, 2.24) is 10.2 Å². The maximum Gasteiger partial charge on any atom is 0.123 e. The highest BCUT2D eigenvalue weighted by Gasteiger charge is 2.15. The van der Waals surface area contributed by atoms with E-state index in [1.54, 1.807) is 12.1 Å². The summed E-state index contributed by atoms with van der Waals surface area (Å²) in [7, 11) is 0. The molecule has 2 rings (SSSR count). The predicted molar refractivity (Wildman–Crippen MR) is 66.4 cm³/mol. The summed E-state index contributed by atoms with van der Waals surface area (Å²) in [5, 5.41) is 3.39. The third-order valence-corrected chi connectivity index (χ3v) is 2.75. The number of nitrogens with zero attached hydrogens (tertiary/aromatic N) is 1. The summed E-state index contributed by atoms with van der Waals surface area (Å²) in [6, 6.07) is 7.40. The molecule has 2 nitrogen and oxygen atoms in total. The first-order valence-corrected chi connectivity index (χ1v) is 5.44. The smallest absolute Gasteiger partial charge is 0.123 e. The van der Waals surface area contributed by atoms with Crippen molar-refractivity contribution in [1.29, 1.82) is 0 Å². The van der Waals surface area contributed by atoms with Gasteiger partial charge in [-0.3, -0.25) is 4.90 Å². The van der Waals surface area contributed by atoms with Gasteiger partial charge in [0.1, 0.15) is 5.82 Å². The number of hydrogen-bond acceptors (Lipinski definition) is 2. The van der Waals surface area contributed by atoms with Crippen molar-refractivity contribution in [3.63, 3.8) is 0 Å². The molecule has 0 spiro atoms. The monoisotopic (exact) mass is 244 g/mol. The Labute approximate surface area is 102 Å². The van der Waals surface area contributed by atoms with Crippen LogP contribution in [0.3, 0.4) is 0 Å². The summed E-state index contributed by atoms with van der Waals surface area (Å²) in [5.74, 6) is -0.143. The van der Waals surface area contributed by atoms with Crippen molar-refractivity contribution in [2.75, 3.05) is 19.6 Å². The van der Waals surface area contributed by atoms with Crippen LogP contribution < -0.4 is 5.32 Å². The van der Waals surface area contributed by atoms with Crippen molar-refractivity contribution < 1.29 is 4.39 Å². The van der Waals surface area contributed by atoms with Crippen molar-refractivity contribution in [2.45, 2.75) is 19.5 Å². The van der Waals surface area contributed by atoms with Crippen LogP contribution in [0, 0.1) is 5.82 Å². The zero-order chi connectivity index (χ0) is 10.7. The van der Waals surface area contributed by atoms with E-state index in [4.69, 9.17) is 0 Å². The molecule has 16 heavy (non-hydrogen) atoms. The van der Waals surface area contributed by atoms with E-state index >= 15 is 0 Å². The lowest BCUT2D eigenvalue weighted by molar-refractivity contribution is 0.199. The predicted octanol–water partition coefficient (Wildman–Crippen LogP) is 2.04. The lowest BCUT2D eigenvalue weighted by atomic mass is 10.1. The minimum atomic E-state index is -0.143. The Balaban J connectivity index is 0.00000128. The SMILES string of the molecule is CC1CN(Cc2cccc(F)c2)CCN1.Cl. The molecule has 1 N–H and O–H groups in total. The van der Waals surface area contributed by atoms with Gasteiger partial charge in [0.15, 0.2) is 0 Å². The number of halogens is 2. The van der Waals surface area contributed by atoms with Crippen LogP contribution in [0.1, 0.15) is 12.5 Å². The minimum absolute atomic E-state index is 0. The fraction of sp³-hybridized carbons (Fsp3) is 0.500. The minimum Gasteiger partial charge on any atom is -0.312 e. The van der Waals surface area contributed by atoms with Gasteiger partial charge in [-0.05, 0) is 24.6 Å². The molecule has 0 saturated carbocycles. The molecule has 1 heterocycles. The van der Waals surface area contributed by atoms with Crippen molar-refractivity contribution in [3.05, 3.63) is 35.6 Å². The first-order chi connectivity index (χ1) is 7.24. The Kier molecular flexibility index (Phi) is 5.19. The van der Waals surface area contributed by atoms with Gasteiger partial charge in [0.05, 0.1) is 0 Å². The van der Waals surface area contributed by atoms with Gasteiger partial charge in [0.2, 0.25) is 0 Å². The molecule has 1 aromatic carbocycles. The first-order valence-electron chi connectivity index (χ1n) is 5.44.